The molecule has 0 saturated carbocycles. The van der Waals surface area contributed by atoms with Crippen molar-refractivity contribution in [3.63, 3.8) is 0 Å². The number of aliphatic hydroxyl groups is 1. The van der Waals surface area contributed by atoms with Crippen LogP contribution in [0.3, 0.4) is 0 Å². The van der Waals surface area contributed by atoms with Gasteiger partial charge < -0.3 is 10.4 Å². The van der Waals surface area contributed by atoms with Crippen molar-refractivity contribution in [2.45, 2.75) is 32.9 Å². The number of aliphatic hydroxyl groups excluding tert-OH is 1. The van der Waals surface area contributed by atoms with E-state index in [1.807, 2.05) is 10.9 Å². The van der Waals surface area contributed by atoms with Crippen LogP contribution < -0.4 is 5.32 Å². The first-order chi connectivity index (χ1) is 9.31. The van der Waals surface area contributed by atoms with E-state index in [-0.39, 0.29) is 19.0 Å². The number of aryl methyl sites for hydroxylation is 1. The van der Waals surface area contributed by atoms with Gasteiger partial charge in [0.05, 0.1) is 12.8 Å². The van der Waals surface area contributed by atoms with E-state index < -0.39 is 0 Å². The molecule has 5 nitrogen and oxygen atoms in total. The molecule has 2 heterocycles. The van der Waals surface area contributed by atoms with Crippen molar-refractivity contribution < 1.29 is 5.11 Å². The number of rotatable bonds is 7. The number of nitrogens with one attached hydrogen (secondary N) is 1. The number of halogens is 1. The molecule has 1 aromatic heterocycles. The van der Waals surface area contributed by atoms with Crippen molar-refractivity contribution in [2.24, 2.45) is 5.92 Å². The largest absolute Gasteiger partial charge is 0.395 e. The lowest BCUT2D eigenvalue weighted by molar-refractivity contribution is 0.157. The third-order valence-electron chi connectivity index (χ3n) is 3.81. The maximum atomic E-state index is 9.22. The van der Waals surface area contributed by atoms with Gasteiger partial charge in [0.25, 0.3) is 0 Å². The van der Waals surface area contributed by atoms with Gasteiger partial charge in [0.2, 0.25) is 0 Å². The first-order valence-electron chi connectivity index (χ1n) is 7.37. The summed E-state index contributed by atoms with van der Waals surface area (Å²) in [6.07, 6.45) is 6.54. The Balaban J connectivity index is 0.00000200. The molecule has 1 aliphatic heterocycles. The van der Waals surface area contributed by atoms with Crippen LogP contribution in [-0.4, -0.2) is 52.6 Å². The monoisotopic (exact) mass is 302 g/mol. The lowest BCUT2D eigenvalue weighted by Crippen LogP contribution is -2.37. The molecule has 2 N–H and O–H groups in total. The van der Waals surface area contributed by atoms with Crippen molar-refractivity contribution >= 4 is 12.4 Å². The molecule has 1 aromatic rings. The average Bonchev–Trinajstić information content (AvgIpc) is 2.88. The van der Waals surface area contributed by atoms with Gasteiger partial charge in [0, 0.05) is 37.9 Å². The fraction of sp³-hybridized carbons (Fsp3) is 0.786. The summed E-state index contributed by atoms with van der Waals surface area (Å²) in [5, 5.41) is 16.9. The zero-order valence-electron chi connectivity index (χ0n) is 12.3. The van der Waals surface area contributed by atoms with Crippen molar-refractivity contribution in [2.75, 3.05) is 32.8 Å². The fourth-order valence-corrected chi connectivity index (χ4v) is 2.72. The van der Waals surface area contributed by atoms with Crippen molar-refractivity contribution in [1.29, 1.82) is 0 Å². The maximum absolute atomic E-state index is 9.22. The van der Waals surface area contributed by atoms with Crippen LogP contribution >= 0.6 is 12.4 Å². The molecule has 0 aromatic carbocycles. The second-order valence-electron chi connectivity index (χ2n) is 5.36. The van der Waals surface area contributed by atoms with Crippen LogP contribution in [0.5, 0.6) is 0 Å². The normalized spacial score (nSPS) is 16.4. The second kappa shape index (κ2) is 9.34. The molecule has 6 heteroatoms. The molecule has 0 radical (unpaired) electrons. The molecule has 1 saturated heterocycles. The highest BCUT2D eigenvalue weighted by atomic mass is 35.5. The van der Waals surface area contributed by atoms with E-state index in [9.17, 15) is 5.11 Å². The molecule has 0 amide bonds. The Labute approximate surface area is 127 Å². The van der Waals surface area contributed by atoms with Gasteiger partial charge in [-0.2, -0.15) is 5.10 Å². The summed E-state index contributed by atoms with van der Waals surface area (Å²) >= 11 is 0. The lowest BCUT2D eigenvalue weighted by atomic mass is 9.97. The molecule has 116 valence electrons. The number of nitrogens with zero attached hydrogens (tertiary/aromatic N) is 3. The van der Waals surface area contributed by atoms with Crippen molar-refractivity contribution in [3.05, 3.63) is 18.0 Å². The molecule has 1 fully saturated rings. The van der Waals surface area contributed by atoms with Crippen LogP contribution in [0.15, 0.2) is 12.4 Å². The van der Waals surface area contributed by atoms with Crippen LogP contribution in [0, 0.1) is 5.92 Å². The topological polar surface area (TPSA) is 53.3 Å². The highest BCUT2D eigenvalue weighted by Crippen LogP contribution is 2.15. The fourth-order valence-electron chi connectivity index (χ4n) is 2.72. The number of aromatic nitrogens is 2. The van der Waals surface area contributed by atoms with Gasteiger partial charge in [-0.25, -0.2) is 0 Å². The van der Waals surface area contributed by atoms with Gasteiger partial charge in [0.1, 0.15) is 0 Å². The van der Waals surface area contributed by atoms with E-state index in [0.29, 0.717) is 0 Å². The third-order valence-corrected chi connectivity index (χ3v) is 3.81. The Bertz CT molecular complexity index is 366. The van der Waals surface area contributed by atoms with E-state index in [2.05, 4.69) is 28.4 Å². The summed E-state index contributed by atoms with van der Waals surface area (Å²) in [6.45, 7) is 8.22. The molecule has 0 atom stereocenters. The predicted molar refractivity (Wildman–Crippen MR) is 83.1 cm³/mol. The first-order valence-corrected chi connectivity index (χ1v) is 7.37. The SMILES string of the molecule is CCn1cc(CN(CCO)CC2CCNCC2)cn1.Cl. The maximum Gasteiger partial charge on any atom is 0.0558 e. The Morgan fingerprint density at radius 3 is 2.80 bits per heavy atom. The summed E-state index contributed by atoms with van der Waals surface area (Å²) in [5.41, 5.74) is 1.24. The molecule has 1 aliphatic rings. The third kappa shape index (κ3) is 5.40. The molecule has 2 rings (SSSR count). The Hall–Kier alpha value is -0.620. The smallest absolute Gasteiger partial charge is 0.0558 e. The molecule has 0 aliphatic carbocycles. The van der Waals surface area contributed by atoms with E-state index in [0.717, 1.165) is 45.2 Å². The van der Waals surface area contributed by atoms with Crippen LogP contribution in [0.2, 0.25) is 0 Å². The number of piperidine rings is 1. The van der Waals surface area contributed by atoms with Gasteiger partial charge in [0.15, 0.2) is 0 Å². The molecule has 0 unspecified atom stereocenters. The van der Waals surface area contributed by atoms with Crippen molar-refractivity contribution in [3.8, 4) is 0 Å². The van der Waals surface area contributed by atoms with Crippen LogP contribution in [0.1, 0.15) is 25.3 Å². The molecular weight excluding hydrogens is 276 g/mol. The summed E-state index contributed by atoms with van der Waals surface area (Å²) in [6, 6.07) is 0. The summed E-state index contributed by atoms with van der Waals surface area (Å²) in [5.74, 6) is 0.758. The van der Waals surface area contributed by atoms with Gasteiger partial charge in [-0.15, -0.1) is 12.4 Å². The number of hydrogen-bond acceptors (Lipinski definition) is 4. The van der Waals surface area contributed by atoms with Crippen LogP contribution in [0.25, 0.3) is 0 Å². The summed E-state index contributed by atoms with van der Waals surface area (Å²) < 4.78 is 1.96. The van der Waals surface area contributed by atoms with Gasteiger partial charge in [-0.05, 0) is 38.8 Å². The van der Waals surface area contributed by atoms with Gasteiger partial charge >= 0.3 is 0 Å². The Kier molecular flexibility index (Phi) is 8.14. The minimum Gasteiger partial charge on any atom is -0.395 e. The van der Waals surface area contributed by atoms with Crippen LogP contribution in [-0.2, 0) is 13.1 Å². The highest BCUT2D eigenvalue weighted by molar-refractivity contribution is 5.85. The highest BCUT2D eigenvalue weighted by Gasteiger charge is 2.17. The van der Waals surface area contributed by atoms with E-state index in [1.165, 1.54) is 18.4 Å². The Morgan fingerprint density at radius 1 is 1.45 bits per heavy atom. The molecule has 20 heavy (non-hydrogen) atoms. The zero-order valence-corrected chi connectivity index (χ0v) is 13.1. The first kappa shape index (κ1) is 17.4. The minimum atomic E-state index is 0. The summed E-state index contributed by atoms with van der Waals surface area (Å²) in [4.78, 5) is 2.35. The average molecular weight is 303 g/mol. The van der Waals surface area contributed by atoms with E-state index in [4.69, 9.17) is 0 Å². The van der Waals surface area contributed by atoms with E-state index >= 15 is 0 Å². The zero-order chi connectivity index (χ0) is 13.5. The molecular formula is C14H27ClN4O. The molecule has 0 bridgehead atoms. The number of hydrogen-bond donors (Lipinski definition) is 2. The standard InChI is InChI=1S/C14H26N4O.ClH/c1-2-18-12-14(9-16-18)11-17(7-8-19)10-13-3-5-15-6-4-13;/h9,12-13,15,19H,2-8,10-11H2,1H3;1H. The van der Waals surface area contributed by atoms with Crippen LogP contribution in [0.4, 0.5) is 0 Å². The van der Waals surface area contributed by atoms with Crippen molar-refractivity contribution in [1.82, 2.24) is 20.0 Å². The lowest BCUT2D eigenvalue weighted by Gasteiger charge is -2.29. The predicted octanol–water partition coefficient (Wildman–Crippen LogP) is 1.12. The van der Waals surface area contributed by atoms with Gasteiger partial charge in [-0.3, -0.25) is 9.58 Å². The quantitative estimate of drug-likeness (QED) is 0.792. The minimum absolute atomic E-state index is 0. The van der Waals surface area contributed by atoms with Gasteiger partial charge in [-0.1, -0.05) is 0 Å². The molecule has 0 spiro atoms. The Morgan fingerprint density at radius 2 is 2.20 bits per heavy atom. The summed E-state index contributed by atoms with van der Waals surface area (Å²) in [7, 11) is 0. The second-order valence-corrected chi connectivity index (χ2v) is 5.36. The van der Waals surface area contributed by atoms with E-state index in [1.54, 1.807) is 0 Å².